The van der Waals surface area contributed by atoms with Gasteiger partial charge in [-0.25, -0.2) is 0 Å². The standard InChI is InChI=1S/C15H24N2O/c1-3-12-6-8-17(9-7-12)11-13-4-5-15(18-2)14(16)10-13/h4-5,10,12H,3,6-9,11,16H2,1-2H3. The fourth-order valence-electron chi connectivity index (χ4n) is 2.69. The molecule has 0 saturated carbocycles. The Morgan fingerprint density at radius 2 is 2.06 bits per heavy atom. The van der Waals surface area contributed by atoms with Crippen molar-refractivity contribution >= 4 is 5.69 Å². The minimum absolute atomic E-state index is 0.735. The lowest BCUT2D eigenvalue weighted by atomic mass is 9.94. The number of likely N-dealkylation sites (tertiary alicyclic amines) is 1. The molecule has 0 bridgehead atoms. The highest BCUT2D eigenvalue weighted by atomic mass is 16.5. The molecule has 2 rings (SSSR count). The van der Waals surface area contributed by atoms with Gasteiger partial charge in [0.05, 0.1) is 12.8 Å². The van der Waals surface area contributed by atoms with Gasteiger partial charge in [-0.1, -0.05) is 19.4 Å². The van der Waals surface area contributed by atoms with E-state index in [4.69, 9.17) is 10.5 Å². The number of rotatable bonds is 4. The highest BCUT2D eigenvalue weighted by Gasteiger charge is 2.17. The number of hydrogen-bond donors (Lipinski definition) is 1. The second kappa shape index (κ2) is 6.10. The predicted molar refractivity (Wildman–Crippen MR) is 75.7 cm³/mol. The third kappa shape index (κ3) is 3.16. The Hall–Kier alpha value is -1.22. The molecule has 0 atom stereocenters. The van der Waals surface area contributed by atoms with Gasteiger partial charge in [0.15, 0.2) is 0 Å². The van der Waals surface area contributed by atoms with Crippen LogP contribution < -0.4 is 10.5 Å². The van der Waals surface area contributed by atoms with Crippen LogP contribution in [0.25, 0.3) is 0 Å². The van der Waals surface area contributed by atoms with E-state index in [2.05, 4.69) is 17.9 Å². The molecule has 0 radical (unpaired) electrons. The minimum Gasteiger partial charge on any atom is -0.495 e. The summed E-state index contributed by atoms with van der Waals surface area (Å²) in [6.07, 6.45) is 3.99. The van der Waals surface area contributed by atoms with Gasteiger partial charge in [0, 0.05) is 6.54 Å². The fourth-order valence-corrected chi connectivity index (χ4v) is 2.69. The lowest BCUT2D eigenvalue weighted by Gasteiger charge is -2.31. The van der Waals surface area contributed by atoms with Gasteiger partial charge in [0.1, 0.15) is 5.75 Å². The third-order valence-electron chi connectivity index (χ3n) is 3.98. The Kier molecular flexibility index (Phi) is 4.48. The number of ether oxygens (including phenoxy) is 1. The van der Waals surface area contributed by atoms with E-state index >= 15 is 0 Å². The van der Waals surface area contributed by atoms with Crippen LogP contribution >= 0.6 is 0 Å². The van der Waals surface area contributed by atoms with Gasteiger partial charge in [-0.2, -0.15) is 0 Å². The molecule has 2 N–H and O–H groups in total. The van der Waals surface area contributed by atoms with E-state index in [1.807, 2.05) is 12.1 Å². The second-order valence-corrected chi connectivity index (χ2v) is 5.20. The second-order valence-electron chi connectivity index (χ2n) is 5.20. The van der Waals surface area contributed by atoms with Crippen LogP contribution in [-0.4, -0.2) is 25.1 Å². The van der Waals surface area contributed by atoms with Gasteiger partial charge in [-0.05, 0) is 49.5 Å². The third-order valence-corrected chi connectivity index (χ3v) is 3.98. The number of nitrogen functional groups attached to an aromatic ring is 1. The Balaban J connectivity index is 1.92. The van der Waals surface area contributed by atoms with Crippen molar-refractivity contribution in [1.29, 1.82) is 0 Å². The minimum atomic E-state index is 0.735. The monoisotopic (exact) mass is 248 g/mol. The first-order valence-corrected chi connectivity index (χ1v) is 6.87. The summed E-state index contributed by atoms with van der Waals surface area (Å²) in [5.41, 5.74) is 7.95. The fraction of sp³-hybridized carbons (Fsp3) is 0.600. The summed E-state index contributed by atoms with van der Waals surface area (Å²) >= 11 is 0. The Bertz CT molecular complexity index is 384. The summed E-state index contributed by atoms with van der Waals surface area (Å²) in [6.45, 7) is 5.73. The molecule has 1 heterocycles. The molecule has 1 aliphatic heterocycles. The van der Waals surface area contributed by atoms with Crippen molar-refractivity contribution in [3.63, 3.8) is 0 Å². The van der Waals surface area contributed by atoms with Crippen LogP contribution in [0.5, 0.6) is 5.75 Å². The molecule has 3 nitrogen and oxygen atoms in total. The zero-order valence-electron chi connectivity index (χ0n) is 11.5. The van der Waals surface area contributed by atoms with E-state index in [9.17, 15) is 0 Å². The first-order chi connectivity index (χ1) is 8.72. The van der Waals surface area contributed by atoms with Crippen molar-refractivity contribution in [2.75, 3.05) is 25.9 Å². The highest BCUT2D eigenvalue weighted by molar-refractivity contribution is 5.54. The number of hydrogen-bond acceptors (Lipinski definition) is 3. The molecular formula is C15H24N2O. The van der Waals surface area contributed by atoms with E-state index < -0.39 is 0 Å². The number of benzene rings is 1. The molecule has 0 spiro atoms. The van der Waals surface area contributed by atoms with Crippen molar-refractivity contribution in [2.45, 2.75) is 32.7 Å². The molecule has 1 aromatic carbocycles. The molecule has 0 aromatic heterocycles. The van der Waals surface area contributed by atoms with E-state index in [1.165, 1.54) is 37.9 Å². The van der Waals surface area contributed by atoms with Crippen LogP contribution in [0, 0.1) is 5.92 Å². The smallest absolute Gasteiger partial charge is 0.141 e. The van der Waals surface area contributed by atoms with E-state index in [-0.39, 0.29) is 0 Å². The van der Waals surface area contributed by atoms with Gasteiger partial charge in [-0.3, -0.25) is 4.90 Å². The summed E-state index contributed by atoms with van der Waals surface area (Å²) in [5.74, 6) is 1.70. The Labute approximate surface area is 110 Å². The zero-order chi connectivity index (χ0) is 13.0. The normalized spacial score (nSPS) is 17.9. The maximum absolute atomic E-state index is 5.94. The summed E-state index contributed by atoms with van der Waals surface area (Å²) in [6, 6.07) is 6.11. The highest BCUT2D eigenvalue weighted by Crippen LogP contribution is 2.25. The molecule has 1 aromatic rings. The molecule has 18 heavy (non-hydrogen) atoms. The topological polar surface area (TPSA) is 38.5 Å². The quantitative estimate of drug-likeness (QED) is 0.833. The number of nitrogens with zero attached hydrogens (tertiary/aromatic N) is 1. The van der Waals surface area contributed by atoms with Crippen LogP contribution in [0.3, 0.4) is 0 Å². The number of nitrogens with two attached hydrogens (primary N) is 1. The predicted octanol–water partition coefficient (Wildman–Crippen LogP) is 2.90. The van der Waals surface area contributed by atoms with Gasteiger partial charge in [-0.15, -0.1) is 0 Å². The van der Waals surface area contributed by atoms with Crippen molar-refractivity contribution in [1.82, 2.24) is 4.90 Å². The molecule has 3 heteroatoms. The van der Waals surface area contributed by atoms with Gasteiger partial charge in [0.2, 0.25) is 0 Å². The largest absolute Gasteiger partial charge is 0.495 e. The van der Waals surface area contributed by atoms with Crippen LogP contribution in [0.15, 0.2) is 18.2 Å². The molecule has 0 unspecified atom stereocenters. The van der Waals surface area contributed by atoms with Crippen molar-refractivity contribution in [3.05, 3.63) is 23.8 Å². The number of methoxy groups -OCH3 is 1. The van der Waals surface area contributed by atoms with Crippen LogP contribution in [-0.2, 0) is 6.54 Å². The molecule has 1 saturated heterocycles. The summed E-state index contributed by atoms with van der Waals surface area (Å²) < 4.78 is 5.18. The van der Waals surface area contributed by atoms with E-state index in [1.54, 1.807) is 7.11 Å². The van der Waals surface area contributed by atoms with Crippen molar-refractivity contribution < 1.29 is 4.74 Å². The van der Waals surface area contributed by atoms with E-state index in [0.29, 0.717) is 0 Å². The average Bonchev–Trinajstić information content (AvgIpc) is 2.40. The molecule has 0 aliphatic carbocycles. The maximum Gasteiger partial charge on any atom is 0.141 e. The molecule has 1 fully saturated rings. The Morgan fingerprint density at radius 3 is 2.61 bits per heavy atom. The van der Waals surface area contributed by atoms with Gasteiger partial charge in [0.25, 0.3) is 0 Å². The lowest BCUT2D eigenvalue weighted by Crippen LogP contribution is -2.33. The number of anilines is 1. The summed E-state index contributed by atoms with van der Waals surface area (Å²) in [4.78, 5) is 2.52. The zero-order valence-corrected chi connectivity index (χ0v) is 11.5. The molecule has 0 amide bonds. The van der Waals surface area contributed by atoms with Crippen LogP contribution in [0.4, 0.5) is 5.69 Å². The molecule has 100 valence electrons. The molecule has 1 aliphatic rings. The SMILES string of the molecule is CCC1CCN(Cc2ccc(OC)c(N)c2)CC1. The summed E-state index contributed by atoms with van der Waals surface area (Å²) in [5, 5.41) is 0. The maximum atomic E-state index is 5.94. The van der Waals surface area contributed by atoms with Gasteiger partial charge >= 0.3 is 0 Å². The van der Waals surface area contributed by atoms with E-state index in [0.717, 1.165) is 23.9 Å². The average molecular weight is 248 g/mol. The Morgan fingerprint density at radius 1 is 1.33 bits per heavy atom. The van der Waals surface area contributed by atoms with Crippen LogP contribution in [0.2, 0.25) is 0 Å². The van der Waals surface area contributed by atoms with Crippen LogP contribution in [0.1, 0.15) is 31.7 Å². The number of piperidine rings is 1. The first kappa shape index (κ1) is 13.2. The summed E-state index contributed by atoms with van der Waals surface area (Å²) in [7, 11) is 1.65. The van der Waals surface area contributed by atoms with Gasteiger partial charge < -0.3 is 10.5 Å². The molecular weight excluding hydrogens is 224 g/mol. The first-order valence-electron chi connectivity index (χ1n) is 6.87. The van der Waals surface area contributed by atoms with Crippen molar-refractivity contribution in [2.24, 2.45) is 5.92 Å². The lowest BCUT2D eigenvalue weighted by molar-refractivity contribution is 0.175. The van der Waals surface area contributed by atoms with Crippen molar-refractivity contribution in [3.8, 4) is 5.75 Å².